The molecule has 0 aromatic heterocycles. The van der Waals surface area contributed by atoms with Crippen LogP contribution in [0, 0.1) is 20.8 Å². The maximum atomic E-state index is 13.7. The van der Waals surface area contributed by atoms with E-state index in [0.717, 1.165) is 16.7 Å². The van der Waals surface area contributed by atoms with Crippen LogP contribution in [0.15, 0.2) is 66.4 Å². The first-order valence-corrected chi connectivity index (χ1v) is 11.1. The topological polar surface area (TPSA) is 58.6 Å². The molecule has 0 aliphatic carbocycles. The molecule has 33 heavy (non-hydrogen) atoms. The lowest BCUT2D eigenvalue weighted by atomic mass is 10.0. The first-order chi connectivity index (χ1) is 15.8. The fourth-order valence-corrected chi connectivity index (χ4v) is 4.01. The number of rotatable bonds is 6. The summed E-state index contributed by atoms with van der Waals surface area (Å²) >= 11 is 6.20. The summed E-state index contributed by atoms with van der Waals surface area (Å²) in [7, 11) is 0. The van der Waals surface area contributed by atoms with Crippen molar-refractivity contribution >= 4 is 40.4 Å². The summed E-state index contributed by atoms with van der Waals surface area (Å²) in [6, 6.07) is 18.3. The molecule has 3 aromatic rings. The number of carbonyl (C=O) groups is 2. The van der Waals surface area contributed by atoms with Crippen molar-refractivity contribution in [1.29, 1.82) is 0 Å². The molecule has 0 spiro atoms. The lowest BCUT2D eigenvalue weighted by molar-refractivity contribution is -0.120. The second kappa shape index (κ2) is 9.12. The quantitative estimate of drug-likeness (QED) is 0.454. The van der Waals surface area contributed by atoms with E-state index in [9.17, 15) is 9.59 Å². The number of amides is 2. The Bertz CT molecular complexity index is 1280. The van der Waals surface area contributed by atoms with E-state index in [-0.39, 0.29) is 11.6 Å². The maximum Gasteiger partial charge on any atom is 0.282 e. The molecular weight excluding hydrogens is 436 g/mol. The van der Waals surface area contributed by atoms with E-state index < -0.39 is 5.91 Å². The molecule has 2 amide bonds. The third-order valence-corrected chi connectivity index (χ3v) is 5.84. The van der Waals surface area contributed by atoms with Crippen molar-refractivity contribution in [3.05, 3.63) is 93.6 Å². The third-order valence-electron chi connectivity index (χ3n) is 5.60. The number of benzene rings is 3. The molecule has 0 saturated heterocycles. The summed E-state index contributed by atoms with van der Waals surface area (Å²) in [4.78, 5) is 28.6. The van der Waals surface area contributed by atoms with Gasteiger partial charge in [-0.2, -0.15) is 0 Å². The van der Waals surface area contributed by atoms with Crippen LogP contribution in [0.5, 0.6) is 5.75 Å². The van der Waals surface area contributed by atoms with Crippen LogP contribution in [0.4, 0.5) is 11.4 Å². The second-order valence-electron chi connectivity index (χ2n) is 8.03. The molecule has 1 heterocycles. The molecule has 0 saturated carbocycles. The van der Waals surface area contributed by atoms with Gasteiger partial charge in [-0.1, -0.05) is 41.9 Å². The second-order valence-corrected chi connectivity index (χ2v) is 8.46. The Morgan fingerprint density at radius 1 is 0.879 bits per heavy atom. The first-order valence-electron chi connectivity index (χ1n) is 10.8. The van der Waals surface area contributed by atoms with Crippen molar-refractivity contribution in [3.63, 3.8) is 0 Å². The minimum absolute atomic E-state index is 0.218. The highest BCUT2D eigenvalue weighted by Crippen LogP contribution is 2.36. The van der Waals surface area contributed by atoms with E-state index in [1.165, 1.54) is 4.90 Å². The normalized spacial score (nSPS) is 13.7. The minimum Gasteiger partial charge on any atom is -0.494 e. The summed E-state index contributed by atoms with van der Waals surface area (Å²) in [5.41, 5.74) is 5.12. The van der Waals surface area contributed by atoms with Gasteiger partial charge in [-0.05, 0) is 80.3 Å². The zero-order valence-corrected chi connectivity index (χ0v) is 19.8. The van der Waals surface area contributed by atoms with Crippen LogP contribution in [0.1, 0.15) is 29.2 Å². The molecule has 5 nitrogen and oxygen atoms in total. The van der Waals surface area contributed by atoms with Crippen molar-refractivity contribution in [2.24, 2.45) is 0 Å². The largest absolute Gasteiger partial charge is 0.494 e. The van der Waals surface area contributed by atoms with Crippen molar-refractivity contribution in [3.8, 4) is 5.75 Å². The van der Waals surface area contributed by atoms with E-state index in [0.29, 0.717) is 39.9 Å². The van der Waals surface area contributed by atoms with E-state index in [4.69, 9.17) is 16.3 Å². The standard InChI is InChI=1S/C27H25ClN2O3/c1-5-33-21-12-9-19(10-13-21)24-25(29-22-15-20(28)11-8-17(22)3)27(32)30(26(24)31)23-14-16(2)6-7-18(23)4/h6-15,29H,5H2,1-4H3. The van der Waals surface area contributed by atoms with Crippen LogP contribution in [0.3, 0.4) is 0 Å². The van der Waals surface area contributed by atoms with Crippen molar-refractivity contribution in [2.75, 3.05) is 16.8 Å². The Morgan fingerprint density at radius 2 is 1.58 bits per heavy atom. The van der Waals surface area contributed by atoms with Gasteiger partial charge in [0.1, 0.15) is 11.4 Å². The van der Waals surface area contributed by atoms with Gasteiger partial charge in [0, 0.05) is 10.7 Å². The van der Waals surface area contributed by atoms with Crippen molar-refractivity contribution in [2.45, 2.75) is 27.7 Å². The third kappa shape index (κ3) is 4.37. The van der Waals surface area contributed by atoms with Crippen LogP contribution in [0.2, 0.25) is 5.02 Å². The Kier molecular flexibility index (Phi) is 6.25. The lowest BCUT2D eigenvalue weighted by Crippen LogP contribution is -2.33. The summed E-state index contributed by atoms with van der Waals surface area (Å²) < 4.78 is 5.53. The maximum absolute atomic E-state index is 13.7. The Labute approximate surface area is 198 Å². The first kappa shape index (κ1) is 22.6. The summed E-state index contributed by atoms with van der Waals surface area (Å²) in [6.45, 7) is 8.19. The number of carbonyl (C=O) groups excluding carboxylic acids is 2. The smallest absolute Gasteiger partial charge is 0.282 e. The van der Waals surface area contributed by atoms with Gasteiger partial charge in [-0.25, -0.2) is 4.90 Å². The van der Waals surface area contributed by atoms with E-state index in [1.54, 1.807) is 36.4 Å². The molecule has 3 aromatic carbocycles. The molecule has 0 radical (unpaired) electrons. The average Bonchev–Trinajstić information content (AvgIpc) is 3.03. The highest BCUT2D eigenvalue weighted by molar-refractivity contribution is 6.46. The monoisotopic (exact) mass is 460 g/mol. The van der Waals surface area contributed by atoms with Gasteiger partial charge in [0.2, 0.25) is 0 Å². The number of anilines is 2. The molecule has 1 aliphatic rings. The lowest BCUT2D eigenvalue weighted by Gasteiger charge is -2.18. The number of halogens is 1. The summed E-state index contributed by atoms with van der Waals surface area (Å²) in [5.74, 6) is -0.0813. The van der Waals surface area contributed by atoms with Crippen LogP contribution in [0.25, 0.3) is 5.57 Å². The molecule has 0 fully saturated rings. The summed E-state index contributed by atoms with van der Waals surface area (Å²) in [5, 5.41) is 3.74. The molecule has 6 heteroatoms. The van der Waals surface area contributed by atoms with Crippen LogP contribution >= 0.6 is 11.6 Å². The Hall–Kier alpha value is -3.57. The number of nitrogens with one attached hydrogen (secondary N) is 1. The van der Waals surface area contributed by atoms with Gasteiger partial charge in [0.25, 0.3) is 11.8 Å². The van der Waals surface area contributed by atoms with Crippen molar-refractivity contribution < 1.29 is 14.3 Å². The molecule has 4 rings (SSSR count). The average molecular weight is 461 g/mol. The van der Waals surface area contributed by atoms with Crippen LogP contribution < -0.4 is 15.0 Å². The molecule has 0 atom stereocenters. The van der Waals surface area contributed by atoms with Gasteiger partial charge in [-0.15, -0.1) is 0 Å². The van der Waals surface area contributed by atoms with Gasteiger partial charge in [-0.3, -0.25) is 9.59 Å². The Balaban J connectivity index is 1.85. The molecule has 1 aliphatic heterocycles. The predicted octanol–water partition coefficient (Wildman–Crippen LogP) is 6.06. The number of aryl methyl sites for hydroxylation is 3. The zero-order valence-electron chi connectivity index (χ0n) is 19.0. The number of hydrogen-bond donors (Lipinski definition) is 1. The highest BCUT2D eigenvalue weighted by atomic mass is 35.5. The van der Waals surface area contributed by atoms with E-state index in [2.05, 4.69) is 5.32 Å². The predicted molar refractivity (Wildman–Crippen MR) is 133 cm³/mol. The van der Waals surface area contributed by atoms with Crippen molar-refractivity contribution in [1.82, 2.24) is 0 Å². The molecule has 1 N–H and O–H groups in total. The fourth-order valence-electron chi connectivity index (χ4n) is 3.84. The highest BCUT2D eigenvalue weighted by Gasteiger charge is 2.41. The molecule has 0 bridgehead atoms. The van der Waals surface area contributed by atoms with Crippen LogP contribution in [-0.2, 0) is 9.59 Å². The number of imide groups is 1. The molecule has 168 valence electrons. The fraction of sp³-hybridized carbons (Fsp3) is 0.185. The van der Waals surface area contributed by atoms with E-state index in [1.807, 2.05) is 52.0 Å². The van der Waals surface area contributed by atoms with Gasteiger partial charge >= 0.3 is 0 Å². The number of hydrogen-bond acceptors (Lipinski definition) is 4. The number of nitrogens with zero attached hydrogens (tertiary/aromatic N) is 1. The SMILES string of the molecule is CCOc1ccc(C2=C(Nc3cc(Cl)ccc3C)C(=O)N(c3cc(C)ccc3C)C2=O)cc1. The zero-order chi connectivity index (χ0) is 23.7. The minimum atomic E-state index is -0.406. The van der Waals surface area contributed by atoms with Crippen LogP contribution in [-0.4, -0.2) is 18.4 Å². The number of ether oxygens (including phenoxy) is 1. The summed E-state index contributed by atoms with van der Waals surface area (Å²) in [6.07, 6.45) is 0. The van der Waals surface area contributed by atoms with E-state index >= 15 is 0 Å². The molecular formula is C27H25ClN2O3. The molecule has 0 unspecified atom stereocenters. The van der Waals surface area contributed by atoms with Gasteiger partial charge in [0.05, 0.1) is 17.9 Å². The van der Waals surface area contributed by atoms with Gasteiger partial charge in [0.15, 0.2) is 0 Å². The Morgan fingerprint density at radius 3 is 2.27 bits per heavy atom. The van der Waals surface area contributed by atoms with Gasteiger partial charge < -0.3 is 10.1 Å².